The van der Waals surface area contributed by atoms with E-state index in [-0.39, 0.29) is 11.5 Å². The lowest BCUT2D eigenvalue weighted by Gasteiger charge is -2.22. The van der Waals surface area contributed by atoms with Crippen molar-refractivity contribution < 1.29 is 0 Å². The Morgan fingerprint density at radius 1 is 1.33 bits per heavy atom. The molecule has 1 rings (SSSR count). The lowest BCUT2D eigenvalue weighted by molar-refractivity contribution is 0.588. The predicted octanol–water partition coefficient (Wildman–Crippen LogP) is 3.22. The van der Waals surface area contributed by atoms with Gasteiger partial charge in [-0.05, 0) is 29.0 Å². The van der Waals surface area contributed by atoms with Crippen molar-refractivity contribution in [1.29, 1.82) is 0 Å². The highest BCUT2D eigenvalue weighted by atomic mass is 32.1. The molecule has 0 aromatic heterocycles. The summed E-state index contributed by atoms with van der Waals surface area (Å²) >= 11 is 4.26. The number of aryl methyl sites for hydroxylation is 1. The Balaban J connectivity index is 3.17. The molecule has 0 saturated heterocycles. The number of hydrogen-bond acceptors (Lipinski definition) is 2. The third-order valence-corrected chi connectivity index (χ3v) is 3.13. The van der Waals surface area contributed by atoms with Crippen molar-refractivity contribution in [3.05, 3.63) is 34.9 Å². The van der Waals surface area contributed by atoms with E-state index >= 15 is 0 Å². The minimum atomic E-state index is 0.0376. The maximum Gasteiger partial charge on any atom is 0.0387 e. The van der Waals surface area contributed by atoms with E-state index in [4.69, 9.17) is 5.73 Å². The van der Waals surface area contributed by atoms with Gasteiger partial charge in [-0.15, -0.1) is 0 Å². The normalized spacial score (nSPS) is 14.0. The predicted molar refractivity (Wildman–Crippen MR) is 70.7 cm³/mol. The van der Waals surface area contributed by atoms with E-state index in [1.807, 2.05) is 0 Å². The first-order valence-corrected chi connectivity index (χ1v) is 5.97. The number of benzene rings is 1. The molecule has 0 aliphatic heterocycles. The van der Waals surface area contributed by atoms with Crippen LogP contribution in [0.3, 0.4) is 0 Å². The van der Waals surface area contributed by atoms with Crippen LogP contribution in [0.25, 0.3) is 0 Å². The Morgan fingerprint density at radius 2 is 1.93 bits per heavy atom. The van der Waals surface area contributed by atoms with E-state index in [1.165, 1.54) is 16.7 Å². The van der Waals surface area contributed by atoms with Crippen molar-refractivity contribution in [2.24, 2.45) is 5.73 Å². The van der Waals surface area contributed by atoms with Crippen molar-refractivity contribution >= 4 is 12.6 Å². The van der Waals surface area contributed by atoms with Gasteiger partial charge in [0.15, 0.2) is 0 Å². The zero-order valence-corrected chi connectivity index (χ0v) is 10.9. The molecule has 0 fully saturated rings. The van der Waals surface area contributed by atoms with E-state index < -0.39 is 0 Å². The molecule has 0 aliphatic carbocycles. The van der Waals surface area contributed by atoms with Crippen molar-refractivity contribution in [3.8, 4) is 0 Å². The molecule has 1 aromatic carbocycles. The second-order valence-electron chi connectivity index (χ2n) is 5.11. The summed E-state index contributed by atoms with van der Waals surface area (Å²) in [5.41, 5.74) is 10.0. The van der Waals surface area contributed by atoms with Crippen molar-refractivity contribution in [2.45, 2.75) is 39.2 Å². The highest BCUT2D eigenvalue weighted by molar-refractivity contribution is 7.80. The molecule has 2 heteroatoms. The van der Waals surface area contributed by atoms with E-state index in [2.05, 4.69) is 58.5 Å². The molecule has 1 atom stereocenters. The molecule has 15 heavy (non-hydrogen) atoms. The molecule has 1 aromatic rings. The monoisotopic (exact) mass is 223 g/mol. The van der Waals surface area contributed by atoms with Gasteiger partial charge in [-0.1, -0.05) is 39.0 Å². The zero-order chi connectivity index (χ0) is 11.6. The maximum atomic E-state index is 6.03. The molecular weight excluding hydrogens is 202 g/mol. The number of hydrogen-bond donors (Lipinski definition) is 2. The molecule has 0 heterocycles. The van der Waals surface area contributed by atoms with Gasteiger partial charge in [0.1, 0.15) is 0 Å². The van der Waals surface area contributed by atoms with Crippen molar-refractivity contribution in [3.63, 3.8) is 0 Å². The van der Waals surface area contributed by atoms with Crippen LogP contribution in [-0.4, -0.2) is 5.75 Å². The Labute approximate surface area is 98.5 Å². The third-order valence-electron chi connectivity index (χ3n) is 2.74. The Kier molecular flexibility index (Phi) is 3.85. The minimum absolute atomic E-state index is 0.0376. The van der Waals surface area contributed by atoms with Crippen molar-refractivity contribution in [1.82, 2.24) is 0 Å². The SMILES string of the molecule is Cc1ccc(C(C)(C)C)cc1C(N)CS. The van der Waals surface area contributed by atoms with E-state index in [0.29, 0.717) is 5.75 Å². The van der Waals surface area contributed by atoms with Gasteiger partial charge in [0, 0.05) is 11.8 Å². The molecule has 0 radical (unpaired) electrons. The summed E-state index contributed by atoms with van der Waals surface area (Å²) in [5.74, 6) is 0.689. The molecule has 0 aliphatic rings. The van der Waals surface area contributed by atoms with Gasteiger partial charge in [-0.2, -0.15) is 12.6 Å². The molecule has 1 nitrogen and oxygen atoms in total. The fourth-order valence-electron chi connectivity index (χ4n) is 1.60. The summed E-state index contributed by atoms with van der Waals surface area (Å²) in [5, 5.41) is 0. The Bertz CT molecular complexity index is 339. The standard InChI is InChI=1S/C13H21NS/c1-9-5-6-10(13(2,3)4)7-11(9)12(14)8-15/h5-7,12,15H,8,14H2,1-4H3. The van der Waals surface area contributed by atoms with Crippen LogP contribution in [0.2, 0.25) is 0 Å². The van der Waals surface area contributed by atoms with Crippen LogP contribution in [0.5, 0.6) is 0 Å². The highest BCUT2D eigenvalue weighted by Gasteiger charge is 2.16. The Hall–Kier alpha value is -0.470. The lowest BCUT2D eigenvalue weighted by atomic mass is 9.84. The van der Waals surface area contributed by atoms with Crippen LogP contribution >= 0.6 is 12.6 Å². The second kappa shape index (κ2) is 4.58. The smallest absolute Gasteiger partial charge is 0.0387 e. The number of nitrogens with two attached hydrogens (primary N) is 1. The van der Waals surface area contributed by atoms with Crippen LogP contribution in [0.15, 0.2) is 18.2 Å². The largest absolute Gasteiger partial charge is 0.323 e. The fraction of sp³-hybridized carbons (Fsp3) is 0.538. The summed E-state index contributed by atoms with van der Waals surface area (Å²) in [4.78, 5) is 0. The van der Waals surface area contributed by atoms with Gasteiger partial charge in [-0.3, -0.25) is 0 Å². The molecule has 0 spiro atoms. The van der Waals surface area contributed by atoms with E-state index in [9.17, 15) is 0 Å². The van der Waals surface area contributed by atoms with Crippen LogP contribution in [0.4, 0.5) is 0 Å². The van der Waals surface area contributed by atoms with E-state index in [1.54, 1.807) is 0 Å². The first-order valence-electron chi connectivity index (χ1n) is 5.33. The molecule has 0 saturated carbocycles. The average molecular weight is 223 g/mol. The first-order chi connectivity index (χ1) is 6.86. The summed E-state index contributed by atoms with van der Waals surface area (Å²) < 4.78 is 0. The van der Waals surface area contributed by atoms with Crippen LogP contribution in [0.1, 0.15) is 43.5 Å². The van der Waals surface area contributed by atoms with Crippen LogP contribution in [-0.2, 0) is 5.41 Å². The van der Waals surface area contributed by atoms with Crippen LogP contribution in [0, 0.1) is 6.92 Å². The fourth-order valence-corrected chi connectivity index (χ4v) is 1.80. The van der Waals surface area contributed by atoms with Gasteiger partial charge in [0.2, 0.25) is 0 Å². The molecule has 84 valence electrons. The molecule has 1 unspecified atom stereocenters. The highest BCUT2D eigenvalue weighted by Crippen LogP contribution is 2.26. The topological polar surface area (TPSA) is 26.0 Å². The van der Waals surface area contributed by atoms with Crippen molar-refractivity contribution in [2.75, 3.05) is 5.75 Å². The minimum Gasteiger partial charge on any atom is -0.323 e. The lowest BCUT2D eigenvalue weighted by Crippen LogP contribution is -2.16. The third kappa shape index (κ3) is 2.99. The molecule has 0 bridgehead atoms. The Morgan fingerprint density at radius 3 is 2.40 bits per heavy atom. The van der Waals surface area contributed by atoms with Gasteiger partial charge in [0.05, 0.1) is 0 Å². The summed E-state index contributed by atoms with van der Waals surface area (Å²) in [6.07, 6.45) is 0. The van der Waals surface area contributed by atoms with Gasteiger partial charge in [0.25, 0.3) is 0 Å². The molecule has 2 N–H and O–H groups in total. The van der Waals surface area contributed by atoms with Gasteiger partial charge in [-0.25, -0.2) is 0 Å². The number of rotatable bonds is 2. The van der Waals surface area contributed by atoms with Gasteiger partial charge < -0.3 is 5.73 Å². The second-order valence-corrected chi connectivity index (χ2v) is 5.48. The molecular formula is C13H21NS. The maximum absolute atomic E-state index is 6.03. The van der Waals surface area contributed by atoms with E-state index in [0.717, 1.165) is 0 Å². The van der Waals surface area contributed by atoms with Gasteiger partial charge >= 0.3 is 0 Å². The number of thiol groups is 1. The average Bonchev–Trinajstić information content (AvgIpc) is 2.15. The zero-order valence-electron chi connectivity index (χ0n) is 10.0. The summed E-state index contributed by atoms with van der Waals surface area (Å²) in [6.45, 7) is 8.75. The molecule has 0 amide bonds. The van der Waals surface area contributed by atoms with Crippen LogP contribution < -0.4 is 5.73 Å². The first kappa shape index (κ1) is 12.6. The summed E-state index contributed by atoms with van der Waals surface area (Å²) in [7, 11) is 0. The summed E-state index contributed by atoms with van der Waals surface area (Å²) in [6, 6.07) is 6.59. The quantitative estimate of drug-likeness (QED) is 0.740.